The average Bonchev–Trinajstić information content (AvgIpc) is 3.44. The SMILES string of the molecule is CC1CC2=CCC(COc3cc(F)c(C(=O)N4C(=O)OC[C@H]4C(=O)O)cc3C3CC3)(C2)C1. The molecule has 1 heterocycles. The number of nitrogens with zero attached hydrogens (tertiary/aromatic N) is 1. The summed E-state index contributed by atoms with van der Waals surface area (Å²) in [7, 11) is 0. The van der Waals surface area contributed by atoms with E-state index in [-0.39, 0.29) is 16.9 Å². The van der Waals surface area contributed by atoms with Gasteiger partial charge in [0.25, 0.3) is 5.91 Å². The summed E-state index contributed by atoms with van der Waals surface area (Å²) < 4.78 is 25.9. The number of cyclic esters (lactones) is 1. The molecule has 170 valence electrons. The van der Waals surface area contributed by atoms with Crippen LogP contribution in [-0.2, 0) is 9.53 Å². The van der Waals surface area contributed by atoms with Crippen molar-refractivity contribution in [1.82, 2.24) is 4.90 Å². The molecule has 1 N–H and O–H groups in total. The average molecular weight is 443 g/mol. The van der Waals surface area contributed by atoms with Gasteiger partial charge in [-0.1, -0.05) is 18.6 Å². The second-order valence-electron chi connectivity index (χ2n) is 9.80. The molecule has 3 aliphatic carbocycles. The summed E-state index contributed by atoms with van der Waals surface area (Å²) in [6.45, 7) is 2.29. The second-order valence-corrected chi connectivity index (χ2v) is 9.80. The van der Waals surface area contributed by atoms with Crippen molar-refractivity contribution in [2.24, 2.45) is 11.3 Å². The van der Waals surface area contributed by atoms with Crippen molar-refractivity contribution >= 4 is 18.0 Å². The molecule has 3 atom stereocenters. The number of carbonyl (C=O) groups is 3. The van der Waals surface area contributed by atoms with Crippen LogP contribution in [0.1, 0.15) is 67.3 Å². The van der Waals surface area contributed by atoms with E-state index in [0.717, 1.165) is 44.1 Å². The predicted octanol–water partition coefficient (Wildman–Crippen LogP) is 4.26. The Morgan fingerprint density at radius 2 is 2.12 bits per heavy atom. The van der Waals surface area contributed by atoms with Crippen LogP contribution in [0.2, 0.25) is 0 Å². The zero-order chi connectivity index (χ0) is 22.6. The first kappa shape index (κ1) is 21.0. The van der Waals surface area contributed by atoms with Crippen molar-refractivity contribution < 1.29 is 33.4 Å². The number of amides is 2. The Morgan fingerprint density at radius 3 is 2.84 bits per heavy atom. The first-order chi connectivity index (χ1) is 15.3. The molecule has 32 heavy (non-hydrogen) atoms. The topological polar surface area (TPSA) is 93.1 Å². The fraction of sp³-hybridized carbons (Fsp3) is 0.542. The minimum atomic E-state index is -1.47. The van der Waals surface area contributed by atoms with E-state index in [2.05, 4.69) is 13.0 Å². The number of imide groups is 1. The molecule has 7 nitrogen and oxygen atoms in total. The first-order valence-corrected chi connectivity index (χ1v) is 11.1. The molecule has 8 heteroatoms. The highest BCUT2D eigenvalue weighted by Gasteiger charge is 2.44. The van der Waals surface area contributed by atoms with Gasteiger partial charge in [-0.25, -0.2) is 18.9 Å². The van der Waals surface area contributed by atoms with Crippen LogP contribution in [0.5, 0.6) is 5.75 Å². The summed E-state index contributed by atoms with van der Waals surface area (Å²) >= 11 is 0. The molecule has 1 aliphatic heterocycles. The highest BCUT2D eigenvalue weighted by Crippen LogP contribution is 2.51. The van der Waals surface area contributed by atoms with Crippen molar-refractivity contribution in [3.63, 3.8) is 0 Å². The van der Waals surface area contributed by atoms with Gasteiger partial charge in [-0.3, -0.25) is 4.79 Å². The molecule has 0 spiro atoms. The number of carboxylic acids is 1. The van der Waals surface area contributed by atoms with Gasteiger partial charge >= 0.3 is 12.1 Å². The van der Waals surface area contributed by atoms with E-state index >= 15 is 4.39 Å². The minimum Gasteiger partial charge on any atom is -0.493 e. The Morgan fingerprint density at radius 1 is 1.34 bits per heavy atom. The number of hydrogen-bond donors (Lipinski definition) is 1. The van der Waals surface area contributed by atoms with E-state index in [0.29, 0.717) is 23.2 Å². The van der Waals surface area contributed by atoms with Gasteiger partial charge in [0, 0.05) is 11.5 Å². The predicted molar refractivity (Wildman–Crippen MR) is 111 cm³/mol. The Hall–Kier alpha value is -2.90. The Labute approximate surface area is 185 Å². The standard InChI is InChI=1S/C24H26FNO6/c1-13-6-14-4-5-24(9-13,10-14)12-32-20-8-18(25)17(7-16(20)15-2-3-15)21(27)26-19(22(28)29)11-31-23(26)30/h4,7-8,13,15,19H,2-3,5-6,9-12H2,1H3,(H,28,29)/t13?,19-,24?/m0/s1. The van der Waals surface area contributed by atoms with Gasteiger partial charge in [0.05, 0.1) is 12.2 Å². The highest BCUT2D eigenvalue weighted by atomic mass is 19.1. The Bertz CT molecular complexity index is 1030. The lowest BCUT2D eigenvalue weighted by atomic mass is 9.72. The molecule has 2 bridgehead atoms. The lowest BCUT2D eigenvalue weighted by molar-refractivity contribution is -0.140. The molecule has 1 saturated heterocycles. The molecule has 5 rings (SSSR count). The quantitative estimate of drug-likeness (QED) is 0.661. The van der Waals surface area contributed by atoms with Gasteiger partial charge in [-0.2, -0.15) is 0 Å². The minimum absolute atomic E-state index is 0.0484. The number of rotatable bonds is 6. The maximum absolute atomic E-state index is 15.0. The molecule has 4 aliphatic rings. The van der Waals surface area contributed by atoms with Crippen molar-refractivity contribution in [1.29, 1.82) is 0 Å². The summed E-state index contributed by atoms with van der Waals surface area (Å²) in [5, 5.41) is 9.28. The smallest absolute Gasteiger partial charge is 0.417 e. The molecule has 1 aromatic carbocycles. The van der Waals surface area contributed by atoms with Crippen LogP contribution < -0.4 is 4.74 Å². The van der Waals surface area contributed by atoms with Crippen LogP contribution >= 0.6 is 0 Å². The first-order valence-electron chi connectivity index (χ1n) is 11.1. The zero-order valence-corrected chi connectivity index (χ0v) is 17.9. The van der Waals surface area contributed by atoms with Crippen molar-refractivity contribution in [2.75, 3.05) is 13.2 Å². The number of halogens is 1. The number of benzene rings is 1. The third-order valence-corrected chi connectivity index (χ3v) is 7.08. The van der Waals surface area contributed by atoms with E-state index in [4.69, 9.17) is 9.47 Å². The fourth-order valence-electron chi connectivity index (χ4n) is 5.49. The number of hydrogen-bond acceptors (Lipinski definition) is 5. The Kier molecular flexibility index (Phi) is 4.98. The molecule has 0 aromatic heterocycles. The number of aliphatic carboxylic acids is 1. The van der Waals surface area contributed by atoms with Gasteiger partial charge in [0.2, 0.25) is 0 Å². The van der Waals surface area contributed by atoms with Gasteiger partial charge in [-0.15, -0.1) is 0 Å². The van der Waals surface area contributed by atoms with E-state index in [1.165, 1.54) is 17.7 Å². The Balaban J connectivity index is 1.40. The maximum Gasteiger partial charge on any atom is 0.417 e. The van der Waals surface area contributed by atoms with Crippen LogP contribution in [-0.4, -0.2) is 47.2 Å². The van der Waals surface area contributed by atoms with E-state index < -0.39 is 36.4 Å². The van der Waals surface area contributed by atoms with E-state index in [1.54, 1.807) is 0 Å². The van der Waals surface area contributed by atoms with Crippen LogP contribution in [0.3, 0.4) is 0 Å². The van der Waals surface area contributed by atoms with Crippen LogP contribution in [0.25, 0.3) is 0 Å². The normalized spacial score (nSPS) is 29.0. The summed E-state index contributed by atoms with van der Waals surface area (Å²) in [5.74, 6) is -2.02. The van der Waals surface area contributed by atoms with Crippen molar-refractivity contribution in [3.8, 4) is 5.75 Å². The van der Waals surface area contributed by atoms with Gasteiger partial charge in [-0.05, 0) is 62.0 Å². The third kappa shape index (κ3) is 3.65. The maximum atomic E-state index is 15.0. The number of carbonyl (C=O) groups excluding carboxylic acids is 2. The van der Waals surface area contributed by atoms with Gasteiger partial charge in [0.15, 0.2) is 6.04 Å². The molecule has 2 unspecified atom stereocenters. The van der Waals surface area contributed by atoms with E-state index in [9.17, 15) is 19.5 Å². The lowest BCUT2D eigenvalue weighted by Crippen LogP contribution is -2.43. The second kappa shape index (κ2) is 7.60. The summed E-state index contributed by atoms with van der Waals surface area (Å²) in [6, 6.07) is 1.17. The van der Waals surface area contributed by atoms with Crippen LogP contribution in [0.4, 0.5) is 9.18 Å². The molecular formula is C24H26FNO6. The van der Waals surface area contributed by atoms with Gasteiger partial charge < -0.3 is 14.6 Å². The van der Waals surface area contributed by atoms with Crippen LogP contribution in [0.15, 0.2) is 23.8 Å². The summed E-state index contributed by atoms with van der Waals surface area (Å²) in [4.78, 5) is 36.7. The molecule has 3 fully saturated rings. The molecule has 1 aromatic rings. The molecule has 0 radical (unpaired) electrons. The number of carboxylic acid groups (broad SMARTS) is 1. The largest absolute Gasteiger partial charge is 0.493 e. The fourth-order valence-corrected chi connectivity index (χ4v) is 5.49. The molecule has 2 saturated carbocycles. The van der Waals surface area contributed by atoms with E-state index in [1.807, 2.05) is 0 Å². The van der Waals surface area contributed by atoms with Crippen molar-refractivity contribution in [2.45, 2.75) is 57.4 Å². The third-order valence-electron chi connectivity index (χ3n) is 7.08. The van der Waals surface area contributed by atoms with Crippen LogP contribution in [0, 0.1) is 17.2 Å². The summed E-state index contributed by atoms with van der Waals surface area (Å²) in [5.41, 5.74) is 1.93. The number of allylic oxidation sites excluding steroid dienone is 2. The highest BCUT2D eigenvalue weighted by molar-refractivity contribution is 6.06. The lowest BCUT2D eigenvalue weighted by Gasteiger charge is -2.36. The molecular weight excluding hydrogens is 417 g/mol. The van der Waals surface area contributed by atoms with Crippen molar-refractivity contribution in [3.05, 3.63) is 40.7 Å². The monoisotopic (exact) mass is 443 g/mol. The zero-order valence-electron chi connectivity index (χ0n) is 17.9. The molecule has 2 amide bonds. The summed E-state index contributed by atoms with van der Waals surface area (Å²) in [6.07, 6.45) is 7.24. The number of fused-ring (bicyclic) bond motifs is 2. The number of ether oxygens (including phenoxy) is 2. The van der Waals surface area contributed by atoms with Gasteiger partial charge in [0.1, 0.15) is 18.2 Å².